The van der Waals surface area contributed by atoms with Crippen molar-refractivity contribution in [1.29, 1.82) is 0 Å². The topological polar surface area (TPSA) is 37.4 Å². The molecule has 3 saturated carbocycles. The summed E-state index contributed by atoms with van der Waals surface area (Å²) in [5, 5.41) is 0. The first-order valence-corrected chi connectivity index (χ1v) is 12.1. The Morgan fingerprint density at radius 3 is 2.11 bits per heavy atom. The molecule has 1 saturated heterocycles. The monoisotopic (exact) mass is 373 g/mol. The van der Waals surface area contributed by atoms with E-state index in [4.69, 9.17) is 0 Å². The largest absolute Gasteiger partial charge is 0.339 e. The first kappa shape index (κ1) is 19.5. The van der Waals surface area contributed by atoms with E-state index in [9.17, 15) is 9.59 Å². The first-order valence-electron chi connectivity index (χ1n) is 12.1. The lowest BCUT2D eigenvalue weighted by molar-refractivity contribution is -0.139. The van der Waals surface area contributed by atoms with E-state index in [1.807, 2.05) is 0 Å². The Morgan fingerprint density at radius 2 is 1.30 bits per heavy atom. The third-order valence-electron chi connectivity index (χ3n) is 8.39. The zero-order valence-corrected chi connectivity index (χ0v) is 17.2. The molecule has 1 heterocycles. The Kier molecular flexibility index (Phi) is 6.55. The van der Waals surface area contributed by atoms with Crippen molar-refractivity contribution in [2.75, 3.05) is 6.54 Å². The predicted octanol–water partition coefficient (Wildman–Crippen LogP) is 5.51. The van der Waals surface area contributed by atoms with Gasteiger partial charge in [-0.3, -0.25) is 9.59 Å². The van der Waals surface area contributed by atoms with Crippen LogP contribution >= 0.6 is 0 Å². The van der Waals surface area contributed by atoms with Gasteiger partial charge in [-0.15, -0.1) is 0 Å². The molecule has 0 spiro atoms. The van der Waals surface area contributed by atoms with Crippen molar-refractivity contribution < 1.29 is 9.59 Å². The van der Waals surface area contributed by atoms with E-state index >= 15 is 0 Å². The molecule has 0 aromatic rings. The number of ketones is 1. The molecule has 4 aliphatic rings. The van der Waals surface area contributed by atoms with Gasteiger partial charge >= 0.3 is 0 Å². The van der Waals surface area contributed by atoms with Crippen LogP contribution in [0.4, 0.5) is 0 Å². The zero-order valence-electron chi connectivity index (χ0n) is 17.2. The molecule has 5 atom stereocenters. The molecule has 0 aromatic heterocycles. The van der Waals surface area contributed by atoms with Gasteiger partial charge in [0.05, 0.1) is 0 Å². The van der Waals surface area contributed by atoms with Gasteiger partial charge in [-0.25, -0.2) is 0 Å². The minimum absolute atomic E-state index is 0.259. The van der Waals surface area contributed by atoms with Crippen LogP contribution in [0.15, 0.2) is 0 Å². The molecule has 1 aliphatic heterocycles. The third kappa shape index (κ3) is 4.43. The molecule has 27 heavy (non-hydrogen) atoms. The molecule has 3 nitrogen and oxygen atoms in total. The van der Waals surface area contributed by atoms with Gasteiger partial charge in [0.15, 0.2) is 0 Å². The maximum Gasteiger partial charge on any atom is 0.223 e. The van der Waals surface area contributed by atoms with E-state index < -0.39 is 0 Å². The van der Waals surface area contributed by atoms with Crippen molar-refractivity contribution in [3.63, 3.8) is 0 Å². The van der Waals surface area contributed by atoms with Gasteiger partial charge in [0.2, 0.25) is 5.91 Å². The second kappa shape index (κ2) is 9.09. The second-order valence-electron chi connectivity index (χ2n) is 9.91. The molecule has 5 unspecified atom stereocenters. The van der Waals surface area contributed by atoms with Crippen LogP contribution in [-0.4, -0.2) is 29.2 Å². The van der Waals surface area contributed by atoms with Crippen LogP contribution < -0.4 is 0 Å². The van der Waals surface area contributed by atoms with E-state index in [0.29, 0.717) is 30.6 Å². The summed E-state index contributed by atoms with van der Waals surface area (Å²) in [6, 6.07) is 0.482. The fourth-order valence-electron chi connectivity index (χ4n) is 7.00. The Labute approximate surface area is 165 Å². The van der Waals surface area contributed by atoms with Crippen molar-refractivity contribution in [2.45, 2.75) is 109 Å². The van der Waals surface area contributed by atoms with E-state index in [1.165, 1.54) is 77.0 Å². The van der Waals surface area contributed by atoms with Gasteiger partial charge in [0.1, 0.15) is 5.78 Å². The average molecular weight is 374 g/mol. The minimum atomic E-state index is 0.259. The van der Waals surface area contributed by atoms with Gasteiger partial charge in [0.25, 0.3) is 0 Å². The highest BCUT2D eigenvalue weighted by Gasteiger charge is 2.38. The first-order chi connectivity index (χ1) is 13.2. The molecule has 1 amide bonds. The maximum absolute atomic E-state index is 13.1. The summed E-state index contributed by atoms with van der Waals surface area (Å²) in [5.41, 5.74) is 0. The Morgan fingerprint density at radius 1 is 0.667 bits per heavy atom. The van der Waals surface area contributed by atoms with Crippen LogP contribution in [0.5, 0.6) is 0 Å². The van der Waals surface area contributed by atoms with E-state index in [2.05, 4.69) is 4.90 Å². The smallest absolute Gasteiger partial charge is 0.223 e. The summed E-state index contributed by atoms with van der Waals surface area (Å²) in [7, 11) is 0. The Balaban J connectivity index is 1.33. The molecule has 152 valence electrons. The third-order valence-corrected chi connectivity index (χ3v) is 8.39. The van der Waals surface area contributed by atoms with Crippen LogP contribution in [0.25, 0.3) is 0 Å². The standard InChI is InChI=1S/C24H39NO2/c26-23(21-13-5-2-9-18-8-1-4-12-20(18)21)15-16-24(27)25-17-7-11-19-10-3-6-14-22(19)25/h18-22H,1-17H2. The second-order valence-corrected chi connectivity index (χ2v) is 9.91. The molecule has 4 fully saturated rings. The molecule has 0 N–H and O–H groups in total. The molecule has 3 heteroatoms. The van der Waals surface area contributed by atoms with Crippen molar-refractivity contribution in [2.24, 2.45) is 23.7 Å². The number of carbonyl (C=O) groups excluding carboxylic acids is 2. The number of rotatable bonds is 4. The summed E-state index contributed by atoms with van der Waals surface area (Å²) < 4.78 is 0. The lowest BCUT2D eigenvalue weighted by Gasteiger charge is -2.44. The van der Waals surface area contributed by atoms with Crippen LogP contribution in [0.2, 0.25) is 0 Å². The van der Waals surface area contributed by atoms with Crippen molar-refractivity contribution in [3.8, 4) is 0 Å². The zero-order chi connectivity index (χ0) is 18.6. The summed E-state index contributed by atoms with van der Waals surface area (Å²) in [5.74, 6) is 3.09. The lowest BCUT2D eigenvalue weighted by Crippen LogP contribution is -2.49. The van der Waals surface area contributed by atoms with Crippen molar-refractivity contribution in [1.82, 2.24) is 4.90 Å². The number of Topliss-reactive ketones (excluding diaryl/α,β-unsaturated/α-hetero) is 1. The van der Waals surface area contributed by atoms with E-state index in [-0.39, 0.29) is 11.8 Å². The van der Waals surface area contributed by atoms with Gasteiger partial charge in [-0.1, -0.05) is 51.4 Å². The molecule has 0 bridgehead atoms. The summed E-state index contributed by atoms with van der Waals surface area (Å²) >= 11 is 0. The van der Waals surface area contributed by atoms with Crippen LogP contribution in [0.1, 0.15) is 103 Å². The average Bonchev–Trinajstić information content (AvgIpc) is 2.94. The van der Waals surface area contributed by atoms with Gasteiger partial charge in [-0.2, -0.15) is 0 Å². The van der Waals surface area contributed by atoms with Crippen molar-refractivity contribution in [3.05, 3.63) is 0 Å². The molecule has 0 radical (unpaired) electrons. The molecule has 4 rings (SSSR count). The fourth-order valence-corrected chi connectivity index (χ4v) is 7.00. The van der Waals surface area contributed by atoms with Crippen LogP contribution in [0.3, 0.4) is 0 Å². The summed E-state index contributed by atoms with van der Waals surface area (Å²) in [6.07, 6.45) is 18.7. The number of piperidine rings is 1. The maximum atomic E-state index is 13.1. The van der Waals surface area contributed by atoms with Gasteiger partial charge in [-0.05, 0) is 56.3 Å². The van der Waals surface area contributed by atoms with Crippen LogP contribution in [0, 0.1) is 23.7 Å². The molecular formula is C24H39NO2. The Hall–Kier alpha value is -0.860. The number of carbonyl (C=O) groups is 2. The van der Waals surface area contributed by atoms with Gasteiger partial charge < -0.3 is 4.90 Å². The number of hydrogen-bond acceptors (Lipinski definition) is 2. The highest BCUT2D eigenvalue weighted by Crippen LogP contribution is 2.43. The predicted molar refractivity (Wildman–Crippen MR) is 108 cm³/mol. The lowest BCUT2D eigenvalue weighted by atomic mass is 9.70. The van der Waals surface area contributed by atoms with E-state index in [0.717, 1.165) is 31.2 Å². The van der Waals surface area contributed by atoms with E-state index in [1.54, 1.807) is 0 Å². The number of nitrogens with zero attached hydrogens (tertiary/aromatic N) is 1. The fraction of sp³-hybridized carbons (Fsp3) is 0.917. The van der Waals surface area contributed by atoms with Crippen molar-refractivity contribution >= 4 is 11.7 Å². The van der Waals surface area contributed by atoms with Gasteiger partial charge in [0, 0.05) is 31.3 Å². The quantitative estimate of drug-likeness (QED) is 0.651. The summed E-state index contributed by atoms with van der Waals surface area (Å²) in [6.45, 7) is 0.933. The number of hydrogen-bond donors (Lipinski definition) is 0. The SMILES string of the molecule is O=C(CCC(=O)N1CCCC2CCCCC21)C1CCCCC2CCCCC21. The molecular weight excluding hydrogens is 334 g/mol. The minimum Gasteiger partial charge on any atom is -0.339 e. The highest BCUT2D eigenvalue weighted by atomic mass is 16.2. The highest BCUT2D eigenvalue weighted by molar-refractivity contribution is 5.86. The normalized spacial score (nSPS) is 37.0. The Bertz CT molecular complexity index is 528. The number of amides is 1. The molecule has 3 aliphatic carbocycles. The van der Waals surface area contributed by atoms with Crippen LogP contribution in [-0.2, 0) is 9.59 Å². The summed E-state index contributed by atoms with van der Waals surface area (Å²) in [4.78, 5) is 28.2. The number of fused-ring (bicyclic) bond motifs is 2. The number of likely N-dealkylation sites (tertiary alicyclic amines) is 1. The molecule has 0 aromatic carbocycles.